The average molecular weight is 358 g/mol. The summed E-state index contributed by atoms with van der Waals surface area (Å²) in [6, 6.07) is 4.26. The van der Waals surface area contributed by atoms with E-state index in [0.29, 0.717) is 0 Å². The smallest absolute Gasteiger partial charge is 0.284 e. The van der Waals surface area contributed by atoms with E-state index >= 15 is 0 Å². The van der Waals surface area contributed by atoms with Crippen LogP contribution in [-0.4, -0.2) is 42.3 Å². The minimum Gasteiger partial charge on any atom is -0.359 e. The molecule has 0 heterocycles. The molecule has 0 fully saturated rings. The van der Waals surface area contributed by atoms with Gasteiger partial charge >= 0.3 is 0 Å². The first-order valence-electron chi connectivity index (χ1n) is 6.19. The van der Waals surface area contributed by atoms with E-state index < -0.39 is 4.92 Å². The zero-order chi connectivity index (χ0) is 16.2. The predicted molar refractivity (Wildman–Crippen MR) is 81.0 cm³/mol. The molecule has 1 aromatic rings. The van der Waals surface area contributed by atoms with Crippen molar-refractivity contribution in [2.45, 2.75) is 6.92 Å². The van der Waals surface area contributed by atoms with Crippen molar-refractivity contribution < 1.29 is 14.5 Å². The Bertz CT molecular complexity index is 577. The van der Waals surface area contributed by atoms with Gasteiger partial charge in [0.1, 0.15) is 4.47 Å². The molecule has 1 aromatic carbocycles. The van der Waals surface area contributed by atoms with Crippen LogP contribution in [0.4, 0.5) is 5.69 Å². The number of rotatable bonds is 5. The summed E-state index contributed by atoms with van der Waals surface area (Å²) in [5, 5.41) is 13.4. The second kappa shape index (κ2) is 7.16. The Morgan fingerprint density at radius 1 is 1.48 bits per heavy atom. The molecule has 0 aliphatic carbocycles. The van der Waals surface area contributed by atoms with Crippen molar-refractivity contribution in [2.24, 2.45) is 5.92 Å². The molecule has 0 bridgehead atoms. The first-order chi connectivity index (χ1) is 9.79. The minimum atomic E-state index is -0.561. The standard InChI is InChI=1S/C13H16BrN3O4/c1-8(12(18)15-2)7-16(3)13(19)9-5-4-6-10(11(9)14)17(20)21/h4-6,8H,7H2,1-3H3,(H,15,18). The SMILES string of the molecule is CNC(=O)C(C)CN(C)C(=O)c1cccc([N+](=O)[O-])c1Br. The summed E-state index contributed by atoms with van der Waals surface area (Å²) in [6.07, 6.45) is 0. The van der Waals surface area contributed by atoms with Crippen LogP contribution in [0.2, 0.25) is 0 Å². The Kier molecular flexibility index (Phi) is 5.83. The van der Waals surface area contributed by atoms with Crippen molar-refractivity contribution >= 4 is 33.4 Å². The number of hydrogen-bond donors (Lipinski definition) is 1. The molecule has 0 aliphatic rings. The molecule has 21 heavy (non-hydrogen) atoms. The van der Waals surface area contributed by atoms with Crippen LogP contribution >= 0.6 is 15.9 Å². The molecule has 0 aliphatic heterocycles. The molecule has 0 aromatic heterocycles. The van der Waals surface area contributed by atoms with Gasteiger partial charge in [0.2, 0.25) is 5.91 Å². The number of hydrogen-bond acceptors (Lipinski definition) is 4. The fraction of sp³-hybridized carbons (Fsp3) is 0.385. The molecule has 1 N–H and O–H groups in total. The van der Waals surface area contributed by atoms with Crippen molar-refractivity contribution in [3.63, 3.8) is 0 Å². The highest BCUT2D eigenvalue weighted by Crippen LogP contribution is 2.29. The number of carbonyl (C=O) groups is 2. The van der Waals surface area contributed by atoms with E-state index in [2.05, 4.69) is 21.2 Å². The van der Waals surface area contributed by atoms with Gasteiger partial charge in [-0.15, -0.1) is 0 Å². The highest BCUT2D eigenvalue weighted by atomic mass is 79.9. The maximum absolute atomic E-state index is 12.3. The Morgan fingerprint density at radius 3 is 2.62 bits per heavy atom. The Balaban J connectivity index is 2.96. The van der Waals surface area contributed by atoms with Crippen molar-refractivity contribution in [3.05, 3.63) is 38.3 Å². The largest absolute Gasteiger partial charge is 0.359 e. The van der Waals surface area contributed by atoms with Gasteiger partial charge in [-0.2, -0.15) is 0 Å². The van der Waals surface area contributed by atoms with Crippen LogP contribution < -0.4 is 5.32 Å². The third-order valence-electron chi connectivity index (χ3n) is 2.99. The van der Waals surface area contributed by atoms with Gasteiger partial charge < -0.3 is 10.2 Å². The van der Waals surface area contributed by atoms with Crippen LogP contribution in [0, 0.1) is 16.0 Å². The first-order valence-corrected chi connectivity index (χ1v) is 6.98. The Morgan fingerprint density at radius 2 is 2.10 bits per heavy atom. The summed E-state index contributed by atoms with van der Waals surface area (Å²) in [5.41, 5.74) is 0.0180. The summed E-state index contributed by atoms with van der Waals surface area (Å²) in [5.74, 6) is -0.935. The van der Waals surface area contributed by atoms with Gasteiger partial charge in [-0.1, -0.05) is 13.0 Å². The number of nitrogens with zero attached hydrogens (tertiary/aromatic N) is 2. The van der Waals surface area contributed by atoms with Crippen LogP contribution in [0.5, 0.6) is 0 Å². The lowest BCUT2D eigenvalue weighted by Gasteiger charge is -2.21. The Hall–Kier alpha value is -1.96. The van der Waals surface area contributed by atoms with Gasteiger partial charge in [-0.3, -0.25) is 19.7 Å². The van der Waals surface area contributed by atoms with Gasteiger partial charge in [0.05, 0.1) is 16.4 Å². The van der Waals surface area contributed by atoms with E-state index in [-0.39, 0.29) is 40.0 Å². The Labute approximate surface area is 130 Å². The zero-order valence-corrected chi connectivity index (χ0v) is 13.5. The molecular formula is C13H16BrN3O4. The summed E-state index contributed by atoms with van der Waals surface area (Å²) in [7, 11) is 3.07. The lowest BCUT2D eigenvalue weighted by molar-refractivity contribution is -0.385. The zero-order valence-electron chi connectivity index (χ0n) is 11.9. The maximum Gasteiger partial charge on any atom is 0.284 e. The predicted octanol–water partition coefficient (Wildman–Crippen LogP) is 1.81. The maximum atomic E-state index is 12.3. The number of amides is 2. The van der Waals surface area contributed by atoms with Crippen LogP contribution in [0.1, 0.15) is 17.3 Å². The molecule has 8 heteroatoms. The molecule has 0 saturated heterocycles. The molecule has 1 atom stereocenters. The van der Waals surface area contributed by atoms with Crippen molar-refractivity contribution in [2.75, 3.05) is 20.6 Å². The molecule has 1 unspecified atom stereocenters. The summed E-state index contributed by atoms with van der Waals surface area (Å²) < 4.78 is 0.138. The van der Waals surface area contributed by atoms with E-state index in [1.165, 1.54) is 30.1 Å². The average Bonchev–Trinajstić information content (AvgIpc) is 2.45. The monoisotopic (exact) mass is 357 g/mol. The third-order valence-corrected chi connectivity index (χ3v) is 3.83. The van der Waals surface area contributed by atoms with Crippen molar-refractivity contribution in [3.8, 4) is 0 Å². The topological polar surface area (TPSA) is 92.6 Å². The lowest BCUT2D eigenvalue weighted by atomic mass is 10.1. The fourth-order valence-electron chi connectivity index (χ4n) is 1.85. The number of nitro benzene ring substituents is 1. The van der Waals surface area contributed by atoms with Crippen LogP contribution in [0.15, 0.2) is 22.7 Å². The molecule has 7 nitrogen and oxygen atoms in total. The van der Waals surface area contributed by atoms with Gasteiger partial charge in [-0.25, -0.2) is 0 Å². The summed E-state index contributed by atoms with van der Waals surface area (Å²) in [4.78, 5) is 35.5. The van der Waals surface area contributed by atoms with Gasteiger partial charge in [0.15, 0.2) is 0 Å². The molecule has 2 amide bonds. The number of halogens is 1. The second-order valence-electron chi connectivity index (χ2n) is 4.60. The van der Waals surface area contributed by atoms with Crippen molar-refractivity contribution in [1.29, 1.82) is 0 Å². The number of nitro groups is 1. The molecule has 114 valence electrons. The molecule has 0 radical (unpaired) electrons. The number of nitrogens with one attached hydrogen (secondary N) is 1. The second-order valence-corrected chi connectivity index (χ2v) is 5.39. The summed E-state index contributed by atoms with van der Waals surface area (Å²) >= 11 is 3.09. The normalized spacial score (nSPS) is 11.6. The van der Waals surface area contributed by atoms with Gasteiger partial charge in [0, 0.05) is 26.7 Å². The van der Waals surface area contributed by atoms with E-state index in [0.717, 1.165) is 0 Å². The molecule has 1 rings (SSSR count). The van der Waals surface area contributed by atoms with Gasteiger partial charge in [0.25, 0.3) is 11.6 Å². The van der Waals surface area contributed by atoms with E-state index in [1.54, 1.807) is 14.0 Å². The molecule has 0 spiro atoms. The van der Waals surface area contributed by atoms with Crippen LogP contribution in [-0.2, 0) is 4.79 Å². The van der Waals surface area contributed by atoms with E-state index in [4.69, 9.17) is 0 Å². The quantitative estimate of drug-likeness (QED) is 0.642. The first kappa shape index (κ1) is 17.1. The lowest BCUT2D eigenvalue weighted by Crippen LogP contribution is -2.37. The van der Waals surface area contributed by atoms with Gasteiger partial charge in [-0.05, 0) is 22.0 Å². The third kappa shape index (κ3) is 4.01. The number of carbonyl (C=O) groups excluding carboxylic acids is 2. The fourth-order valence-corrected chi connectivity index (χ4v) is 2.43. The van der Waals surface area contributed by atoms with Crippen molar-refractivity contribution in [1.82, 2.24) is 10.2 Å². The molecule has 0 saturated carbocycles. The summed E-state index contributed by atoms with van der Waals surface area (Å²) in [6.45, 7) is 1.92. The number of benzene rings is 1. The highest BCUT2D eigenvalue weighted by Gasteiger charge is 2.23. The van der Waals surface area contributed by atoms with Crippen LogP contribution in [0.3, 0.4) is 0 Å². The van der Waals surface area contributed by atoms with E-state index in [9.17, 15) is 19.7 Å². The van der Waals surface area contributed by atoms with Crippen LogP contribution in [0.25, 0.3) is 0 Å². The van der Waals surface area contributed by atoms with E-state index in [1.807, 2.05) is 0 Å². The molecular weight excluding hydrogens is 342 g/mol. The minimum absolute atomic E-state index is 0.138. The highest BCUT2D eigenvalue weighted by molar-refractivity contribution is 9.10.